The first-order valence-corrected chi connectivity index (χ1v) is 5.62. The molecular formula is C13H19N2+. The third-order valence-corrected chi connectivity index (χ3v) is 2.78. The van der Waals surface area contributed by atoms with E-state index in [0.717, 1.165) is 13.0 Å². The Bertz CT molecular complexity index is 455. The van der Waals surface area contributed by atoms with Crippen molar-refractivity contribution in [1.82, 2.24) is 4.57 Å². The first-order chi connectivity index (χ1) is 7.22. The second-order valence-corrected chi connectivity index (χ2v) is 4.27. The third-order valence-electron chi connectivity index (χ3n) is 2.78. The van der Waals surface area contributed by atoms with Gasteiger partial charge in [-0.05, 0) is 25.5 Å². The van der Waals surface area contributed by atoms with E-state index in [9.17, 15) is 0 Å². The summed E-state index contributed by atoms with van der Waals surface area (Å²) in [5, 5.41) is 1.38. The van der Waals surface area contributed by atoms with E-state index in [-0.39, 0.29) is 0 Å². The molecule has 15 heavy (non-hydrogen) atoms. The number of hydrogen-bond acceptors (Lipinski definition) is 0. The smallest absolute Gasteiger partial charge is 0.0856 e. The Morgan fingerprint density at radius 2 is 2.07 bits per heavy atom. The number of hydrogen-bond donors (Lipinski definition) is 1. The molecule has 2 rings (SSSR count). The maximum Gasteiger partial charge on any atom is 0.0856 e. The molecule has 0 saturated heterocycles. The monoisotopic (exact) mass is 203 g/mol. The van der Waals surface area contributed by atoms with E-state index >= 15 is 0 Å². The molecule has 0 aliphatic heterocycles. The minimum Gasteiger partial charge on any atom is -0.355 e. The quantitative estimate of drug-likeness (QED) is 0.789. The molecule has 0 aliphatic carbocycles. The summed E-state index contributed by atoms with van der Waals surface area (Å²) in [4.78, 5) is 0. The van der Waals surface area contributed by atoms with Crippen molar-refractivity contribution in [3.05, 3.63) is 36.0 Å². The van der Waals surface area contributed by atoms with Crippen molar-refractivity contribution in [1.29, 1.82) is 0 Å². The molecular weight excluding hydrogens is 184 g/mol. The summed E-state index contributed by atoms with van der Waals surface area (Å²) in [7, 11) is 0. The zero-order valence-electron chi connectivity index (χ0n) is 9.53. The number of fused-ring (bicyclic) bond motifs is 1. The van der Waals surface area contributed by atoms with Crippen molar-refractivity contribution in [2.45, 2.75) is 32.9 Å². The minimum absolute atomic E-state index is 0.473. The van der Waals surface area contributed by atoms with Crippen LogP contribution < -0.4 is 5.73 Å². The summed E-state index contributed by atoms with van der Waals surface area (Å²) in [6.07, 6.45) is 3.33. The van der Waals surface area contributed by atoms with E-state index in [2.05, 4.69) is 54.6 Å². The summed E-state index contributed by atoms with van der Waals surface area (Å²) < 4.78 is 2.31. The molecule has 0 amide bonds. The fraction of sp³-hybridized carbons (Fsp3) is 0.385. The number of benzene rings is 1. The van der Waals surface area contributed by atoms with E-state index in [4.69, 9.17) is 0 Å². The molecule has 0 bridgehead atoms. The van der Waals surface area contributed by atoms with Crippen molar-refractivity contribution in [3.8, 4) is 0 Å². The van der Waals surface area contributed by atoms with Crippen LogP contribution in [-0.4, -0.2) is 10.6 Å². The maximum atomic E-state index is 4.07. The van der Waals surface area contributed by atoms with E-state index in [0.29, 0.717) is 6.04 Å². The van der Waals surface area contributed by atoms with E-state index in [1.54, 1.807) is 0 Å². The summed E-state index contributed by atoms with van der Waals surface area (Å²) in [5.41, 5.74) is 6.84. The molecule has 0 saturated carbocycles. The van der Waals surface area contributed by atoms with Gasteiger partial charge < -0.3 is 10.3 Å². The van der Waals surface area contributed by atoms with Gasteiger partial charge in [-0.1, -0.05) is 18.2 Å². The first kappa shape index (κ1) is 10.2. The Hall–Kier alpha value is -1.28. The second-order valence-electron chi connectivity index (χ2n) is 4.27. The molecule has 1 aromatic carbocycles. The molecule has 2 nitrogen and oxygen atoms in total. The average molecular weight is 203 g/mol. The highest BCUT2D eigenvalue weighted by Crippen LogP contribution is 2.21. The highest BCUT2D eigenvalue weighted by Gasteiger charge is 2.09. The van der Waals surface area contributed by atoms with Gasteiger partial charge >= 0.3 is 0 Å². The normalized spacial score (nSPS) is 13.3. The Labute approximate surface area is 90.7 Å². The lowest BCUT2D eigenvalue weighted by molar-refractivity contribution is -0.413. The lowest BCUT2D eigenvalue weighted by Crippen LogP contribution is -2.60. The van der Waals surface area contributed by atoms with Gasteiger partial charge in [0.2, 0.25) is 0 Å². The second kappa shape index (κ2) is 4.07. The van der Waals surface area contributed by atoms with Crippen molar-refractivity contribution in [2.24, 2.45) is 0 Å². The van der Waals surface area contributed by atoms with Gasteiger partial charge in [0.25, 0.3) is 0 Å². The van der Waals surface area contributed by atoms with Crippen molar-refractivity contribution in [2.75, 3.05) is 0 Å². The lowest BCUT2D eigenvalue weighted by Gasteiger charge is -1.99. The Morgan fingerprint density at radius 1 is 1.33 bits per heavy atom. The highest BCUT2D eigenvalue weighted by atomic mass is 14.9. The zero-order valence-corrected chi connectivity index (χ0v) is 9.53. The Kier molecular flexibility index (Phi) is 2.78. The van der Waals surface area contributed by atoms with E-state index in [1.807, 2.05) is 0 Å². The predicted octanol–water partition coefficient (Wildman–Crippen LogP) is 1.83. The van der Waals surface area contributed by atoms with Crippen LogP contribution in [0.2, 0.25) is 0 Å². The van der Waals surface area contributed by atoms with Gasteiger partial charge in [0.15, 0.2) is 0 Å². The van der Waals surface area contributed by atoms with Gasteiger partial charge in [-0.2, -0.15) is 0 Å². The molecule has 1 heterocycles. The van der Waals surface area contributed by atoms with Gasteiger partial charge in [0.05, 0.1) is 6.04 Å². The summed E-state index contributed by atoms with van der Waals surface area (Å²) >= 11 is 0. The van der Waals surface area contributed by atoms with Crippen LogP contribution >= 0.6 is 0 Å². The highest BCUT2D eigenvalue weighted by molar-refractivity contribution is 5.84. The maximum absolute atomic E-state index is 4.07. The lowest BCUT2D eigenvalue weighted by atomic mass is 10.1. The molecule has 0 unspecified atom stereocenters. The number of aromatic nitrogens is 1. The molecule has 0 radical (unpaired) electrons. The van der Waals surface area contributed by atoms with Crippen LogP contribution in [0.1, 0.15) is 19.4 Å². The molecule has 1 atom stereocenters. The molecule has 2 aromatic rings. The van der Waals surface area contributed by atoms with Gasteiger partial charge in [-0.15, -0.1) is 0 Å². The number of para-hydroxylation sites is 1. The van der Waals surface area contributed by atoms with Crippen LogP contribution in [0.3, 0.4) is 0 Å². The van der Waals surface area contributed by atoms with Crippen molar-refractivity contribution in [3.63, 3.8) is 0 Å². The number of nitrogens with zero attached hydrogens (tertiary/aromatic N) is 1. The van der Waals surface area contributed by atoms with Crippen LogP contribution in [0, 0.1) is 0 Å². The van der Waals surface area contributed by atoms with Crippen molar-refractivity contribution < 1.29 is 5.73 Å². The van der Waals surface area contributed by atoms with Crippen molar-refractivity contribution >= 4 is 10.9 Å². The fourth-order valence-electron chi connectivity index (χ4n) is 2.12. The largest absolute Gasteiger partial charge is 0.355 e. The molecule has 0 spiro atoms. The molecule has 3 N–H and O–H groups in total. The summed E-state index contributed by atoms with van der Waals surface area (Å²) in [6, 6.07) is 9.09. The average Bonchev–Trinajstić information content (AvgIpc) is 2.56. The Morgan fingerprint density at radius 3 is 2.73 bits per heavy atom. The van der Waals surface area contributed by atoms with E-state index in [1.165, 1.54) is 16.5 Å². The van der Waals surface area contributed by atoms with Gasteiger partial charge in [-0.25, -0.2) is 0 Å². The van der Waals surface area contributed by atoms with Gasteiger partial charge in [0, 0.05) is 30.1 Å². The number of rotatable bonds is 3. The van der Waals surface area contributed by atoms with E-state index < -0.39 is 0 Å². The van der Waals surface area contributed by atoms with Crippen LogP contribution in [0.25, 0.3) is 10.9 Å². The zero-order chi connectivity index (χ0) is 10.8. The fourth-order valence-corrected chi connectivity index (χ4v) is 2.12. The molecule has 0 aliphatic rings. The van der Waals surface area contributed by atoms with Gasteiger partial charge in [0.1, 0.15) is 0 Å². The SMILES string of the molecule is CCn1cc(C[C@@H](C)[NH3+])c2ccccc21. The first-order valence-electron chi connectivity index (χ1n) is 5.62. The summed E-state index contributed by atoms with van der Waals surface area (Å²) in [6.45, 7) is 5.38. The minimum atomic E-state index is 0.473. The molecule has 0 fully saturated rings. The third kappa shape index (κ3) is 1.90. The topological polar surface area (TPSA) is 32.6 Å². The van der Waals surface area contributed by atoms with Crippen LogP contribution in [0.5, 0.6) is 0 Å². The number of aryl methyl sites for hydroxylation is 1. The van der Waals surface area contributed by atoms with Gasteiger partial charge in [-0.3, -0.25) is 0 Å². The molecule has 2 heteroatoms. The predicted molar refractivity (Wildman–Crippen MR) is 63.7 cm³/mol. The number of quaternary nitrogens is 1. The summed E-state index contributed by atoms with van der Waals surface area (Å²) in [5.74, 6) is 0. The van der Waals surface area contributed by atoms with Crippen LogP contribution in [-0.2, 0) is 13.0 Å². The standard InChI is InChI=1S/C13H18N2/c1-3-15-9-11(8-10(2)14)12-6-4-5-7-13(12)15/h4-7,9-10H,3,8,14H2,1-2H3/p+1/t10-/m1/s1. The van der Waals surface area contributed by atoms with Crippen LogP contribution in [0.4, 0.5) is 0 Å². The van der Waals surface area contributed by atoms with Crippen LogP contribution in [0.15, 0.2) is 30.5 Å². The molecule has 80 valence electrons. The molecule has 1 aromatic heterocycles. The Balaban J connectivity index is 2.55.